The zero-order valence-electron chi connectivity index (χ0n) is 7.77. The zero-order valence-corrected chi connectivity index (χ0v) is 7.77. The van der Waals surface area contributed by atoms with Crippen LogP contribution in [0.5, 0.6) is 0 Å². The number of halogens is 2. The highest BCUT2D eigenvalue weighted by Gasteiger charge is 2.10. The first-order valence-electron chi connectivity index (χ1n) is 4.30. The minimum Gasteiger partial charge on any atom is -0.206 e. The molecule has 0 heterocycles. The predicted molar refractivity (Wildman–Crippen MR) is 50.3 cm³/mol. The van der Waals surface area contributed by atoms with E-state index < -0.39 is 11.6 Å². The summed E-state index contributed by atoms with van der Waals surface area (Å²) in [6.45, 7) is 3.66. The third-order valence-corrected chi connectivity index (χ3v) is 2.01. The monoisotopic (exact) mass is 182 g/mol. The lowest BCUT2D eigenvalue weighted by Gasteiger charge is -2.06. The van der Waals surface area contributed by atoms with Crippen LogP contribution in [0.3, 0.4) is 0 Å². The van der Waals surface area contributed by atoms with Crippen LogP contribution >= 0.6 is 0 Å². The van der Waals surface area contributed by atoms with Crippen LogP contribution in [0.1, 0.15) is 25.8 Å². The molecule has 0 aliphatic rings. The molecule has 0 saturated carbocycles. The molecule has 1 aromatic carbocycles. The molecule has 0 bridgehead atoms. The van der Waals surface area contributed by atoms with Crippen LogP contribution in [0, 0.1) is 11.6 Å². The molecule has 1 aromatic rings. The number of allylic oxidation sites excluding steroid dienone is 2. The summed E-state index contributed by atoms with van der Waals surface area (Å²) in [5.74, 6) is -0.982. The Bertz CT molecular complexity index is 307. The number of hydrogen-bond donors (Lipinski definition) is 0. The van der Waals surface area contributed by atoms with E-state index in [1.807, 2.05) is 6.92 Å². The van der Waals surface area contributed by atoms with Gasteiger partial charge >= 0.3 is 0 Å². The Morgan fingerprint density at radius 2 is 1.85 bits per heavy atom. The quantitative estimate of drug-likeness (QED) is 0.653. The van der Waals surface area contributed by atoms with Crippen LogP contribution in [-0.4, -0.2) is 0 Å². The maximum Gasteiger partial charge on any atom is 0.133 e. The summed E-state index contributed by atoms with van der Waals surface area (Å²) in [5, 5.41) is 0. The minimum absolute atomic E-state index is 0.104. The van der Waals surface area contributed by atoms with E-state index in [1.165, 1.54) is 18.2 Å². The summed E-state index contributed by atoms with van der Waals surface area (Å²) in [4.78, 5) is 0. The molecule has 1 rings (SSSR count). The van der Waals surface area contributed by atoms with Gasteiger partial charge < -0.3 is 0 Å². The van der Waals surface area contributed by atoms with Gasteiger partial charge in [-0.1, -0.05) is 19.1 Å². The third kappa shape index (κ3) is 1.94. The van der Waals surface area contributed by atoms with Gasteiger partial charge in [-0.05, 0) is 31.1 Å². The van der Waals surface area contributed by atoms with Gasteiger partial charge in [-0.2, -0.15) is 0 Å². The Hall–Kier alpha value is -1.18. The van der Waals surface area contributed by atoms with Crippen LogP contribution in [0.25, 0.3) is 5.57 Å². The maximum absolute atomic E-state index is 13.2. The highest BCUT2D eigenvalue weighted by atomic mass is 19.1. The standard InChI is InChI=1S/C11H12F2/c1-3-8(4-2)11-9(12)6-5-7-10(11)13/h3,5-7H,4H2,1-2H3/b8-3+. The topological polar surface area (TPSA) is 0 Å². The van der Waals surface area contributed by atoms with Crippen molar-refractivity contribution in [2.75, 3.05) is 0 Å². The van der Waals surface area contributed by atoms with E-state index in [0.29, 0.717) is 12.0 Å². The molecule has 0 saturated heterocycles. The van der Waals surface area contributed by atoms with Crippen molar-refractivity contribution in [2.45, 2.75) is 20.3 Å². The lowest BCUT2D eigenvalue weighted by molar-refractivity contribution is 0.576. The summed E-state index contributed by atoms with van der Waals surface area (Å²) in [6.07, 6.45) is 2.37. The van der Waals surface area contributed by atoms with Gasteiger partial charge in [0.2, 0.25) is 0 Å². The Kier molecular flexibility index (Phi) is 3.18. The Labute approximate surface area is 76.9 Å². The van der Waals surface area contributed by atoms with E-state index in [1.54, 1.807) is 13.0 Å². The summed E-state index contributed by atoms with van der Waals surface area (Å²) in [6, 6.07) is 3.92. The zero-order chi connectivity index (χ0) is 9.84. The van der Waals surface area contributed by atoms with Crippen LogP contribution in [0.15, 0.2) is 24.3 Å². The van der Waals surface area contributed by atoms with Crippen LogP contribution in [0.2, 0.25) is 0 Å². The van der Waals surface area contributed by atoms with Crippen molar-refractivity contribution in [1.82, 2.24) is 0 Å². The van der Waals surface area contributed by atoms with Gasteiger partial charge in [-0.15, -0.1) is 0 Å². The summed E-state index contributed by atoms with van der Waals surface area (Å²) < 4.78 is 26.4. The summed E-state index contributed by atoms with van der Waals surface area (Å²) in [5.41, 5.74) is 0.808. The van der Waals surface area contributed by atoms with E-state index in [2.05, 4.69) is 0 Å². The second-order valence-electron chi connectivity index (χ2n) is 2.76. The molecule has 2 heteroatoms. The van der Waals surface area contributed by atoms with Crippen LogP contribution < -0.4 is 0 Å². The van der Waals surface area contributed by atoms with E-state index in [9.17, 15) is 8.78 Å². The molecule has 0 spiro atoms. The first-order chi connectivity index (χ1) is 6.20. The lowest BCUT2D eigenvalue weighted by Crippen LogP contribution is -1.93. The molecule has 0 N–H and O–H groups in total. The van der Waals surface area contributed by atoms with Crippen molar-refractivity contribution in [3.8, 4) is 0 Å². The van der Waals surface area contributed by atoms with Gasteiger partial charge in [-0.25, -0.2) is 8.78 Å². The smallest absolute Gasteiger partial charge is 0.133 e. The SMILES string of the molecule is C/C=C(\CC)c1c(F)cccc1F. The van der Waals surface area contributed by atoms with Crippen molar-refractivity contribution in [1.29, 1.82) is 0 Å². The molecule has 0 nitrogen and oxygen atoms in total. The molecule has 0 radical (unpaired) electrons. The van der Waals surface area contributed by atoms with E-state index in [4.69, 9.17) is 0 Å². The minimum atomic E-state index is -0.491. The molecule has 0 aliphatic carbocycles. The fourth-order valence-electron chi connectivity index (χ4n) is 1.33. The average Bonchev–Trinajstić information content (AvgIpc) is 2.11. The van der Waals surface area contributed by atoms with Crippen molar-refractivity contribution >= 4 is 5.57 Å². The molecule has 0 fully saturated rings. The van der Waals surface area contributed by atoms with Gasteiger partial charge in [0.05, 0.1) is 0 Å². The third-order valence-electron chi connectivity index (χ3n) is 2.01. The number of hydrogen-bond acceptors (Lipinski definition) is 0. The summed E-state index contributed by atoms with van der Waals surface area (Å²) in [7, 11) is 0. The molecule has 0 aromatic heterocycles. The molecule has 0 aliphatic heterocycles. The predicted octanol–water partition coefficient (Wildman–Crippen LogP) is 3.78. The molecular formula is C11H12F2. The molecular weight excluding hydrogens is 170 g/mol. The van der Waals surface area contributed by atoms with E-state index in [-0.39, 0.29) is 5.56 Å². The Morgan fingerprint density at radius 3 is 2.23 bits per heavy atom. The number of rotatable bonds is 2. The number of benzene rings is 1. The largest absolute Gasteiger partial charge is 0.206 e. The maximum atomic E-state index is 13.2. The Balaban J connectivity index is 3.27. The van der Waals surface area contributed by atoms with Crippen molar-refractivity contribution in [2.24, 2.45) is 0 Å². The molecule has 0 amide bonds. The average molecular weight is 182 g/mol. The van der Waals surface area contributed by atoms with Crippen molar-refractivity contribution in [3.63, 3.8) is 0 Å². The van der Waals surface area contributed by atoms with Crippen LogP contribution in [-0.2, 0) is 0 Å². The molecule has 0 unspecified atom stereocenters. The molecule has 70 valence electrons. The van der Waals surface area contributed by atoms with Crippen LogP contribution in [0.4, 0.5) is 8.78 Å². The first kappa shape index (κ1) is 9.90. The van der Waals surface area contributed by atoms with Gasteiger partial charge in [0.25, 0.3) is 0 Å². The second-order valence-corrected chi connectivity index (χ2v) is 2.76. The first-order valence-corrected chi connectivity index (χ1v) is 4.30. The summed E-state index contributed by atoms with van der Waals surface area (Å²) >= 11 is 0. The Morgan fingerprint density at radius 1 is 1.31 bits per heavy atom. The molecule has 0 atom stereocenters. The lowest BCUT2D eigenvalue weighted by atomic mass is 10.0. The van der Waals surface area contributed by atoms with Crippen molar-refractivity contribution in [3.05, 3.63) is 41.5 Å². The highest BCUT2D eigenvalue weighted by molar-refractivity contribution is 5.65. The normalized spacial score (nSPS) is 11.8. The van der Waals surface area contributed by atoms with Gasteiger partial charge in [0, 0.05) is 5.56 Å². The molecule has 13 heavy (non-hydrogen) atoms. The van der Waals surface area contributed by atoms with E-state index in [0.717, 1.165) is 0 Å². The van der Waals surface area contributed by atoms with E-state index >= 15 is 0 Å². The van der Waals surface area contributed by atoms with Gasteiger partial charge in [-0.3, -0.25) is 0 Å². The van der Waals surface area contributed by atoms with Crippen molar-refractivity contribution < 1.29 is 8.78 Å². The highest BCUT2D eigenvalue weighted by Crippen LogP contribution is 2.23. The van der Waals surface area contributed by atoms with Gasteiger partial charge in [0.15, 0.2) is 0 Å². The fourth-order valence-corrected chi connectivity index (χ4v) is 1.33. The fraction of sp³-hybridized carbons (Fsp3) is 0.273. The second kappa shape index (κ2) is 4.17. The van der Waals surface area contributed by atoms with Gasteiger partial charge in [0.1, 0.15) is 11.6 Å².